The van der Waals surface area contributed by atoms with Crippen molar-refractivity contribution < 1.29 is 0 Å². The van der Waals surface area contributed by atoms with E-state index in [9.17, 15) is 0 Å². The third-order valence-corrected chi connectivity index (χ3v) is 5.60. The van der Waals surface area contributed by atoms with Crippen LogP contribution in [0.4, 0.5) is 11.4 Å². The van der Waals surface area contributed by atoms with Crippen molar-refractivity contribution in [3.8, 4) is 0 Å². The van der Waals surface area contributed by atoms with Crippen LogP contribution in [0.5, 0.6) is 0 Å². The molecule has 4 heteroatoms. The minimum Gasteiger partial charge on any atom is -0.362 e. The van der Waals surface area contributed by atoms with E-state index in [2.05, 4.69) is 62.7 Å². The van der Waals surface area contributed by atoms with Crippen LogP contribution in [-0.4, -0.2) is 18.3 Å². The standard InChI is InChI=1S/C23H26Cl2N2/c1-6-9-27-22-10-15(2)17(11-19(22)16(3)13-23(27,4)5)14-26-21-8-7-18(24)12-20(21)25/h7-8,10-14H,6,9H2,1-5H3. The summed E-state index contributed by atoms with van der Waals surface area (Å²) in [5, 5.41) is 1.17. The summed E-state index contributed by atoms with van der Waals surface area (Å²) in [7, 11) is 0. The molecule has 3 rings (SSSR count). The topological polar surface area (TPSA) is 15.6 Å². The van der Waals surface area contributed by atoms with Crippen LogP contribution in [0.3, 0.4) is 0 Å². The summed E-state index contributed by atoms with van der Waals surface area (Å²) in [5.74, 6) is 0. The highest BCUT2D eigenvalue weighted by atomic mass is 35.5. The molecule has 1 aliphatic heterocycles. The van der Waals surface area contributed by atoms with Gasteiger partial charge in [-0.1, -0.05) is 36.2 Å². The Balaban J connectivity index is 2.03. The molecule has 0 N–H and O–H groups in total. The number of allylic oxidation sites excluding steroid dienone is 1. The molecule has 0 radical (unpaired) electrons. The van der Waals surface area contributed by atoms with Crippen LogP contribution >= 0.6 is 23.2 Å². The van der Waals surface area contributed by atoms with Crippen LogP contribution in [-0.2, 0) is 0 Å². The fourth-order valence-corrected chi connectivity index (χ4v) is 4.20. The monoisotopic (exact) mass is 400 g/mol. The summed E-state index contributed by atoms with van der Waals surface area (Å²) in [6.45, 7) is 12.2. The molecular formula is C23H26Cl2N2. The first kappa shape index (κ1) is 20.0. The molecule has 0 aliphatic carbocycles. The van der Waals surface area contributed by atoms with E-state index in [1.165, 1.54) is 22.4 Å². The SMILES string of the molecule is CCCN1c2cc(C)c(C=Nc3ccc(Cl)cc3Cl)cc2C(C)=CC1(C)C. The number of benzene rings is 2. The quantitative estimate of drug-likeness (QED) is 0.485. The molecule has 0 atom stereocenters. The van der Waals surface area contributed by atoms with Gasteiger partial charge in [-0.2, -0.15) is 0 Å². The summed E-state index contributed by atoms with van der Waals surface area (Å²) >= 11 is 12.2. The van der Waals surface area contributed by atoms with Crippen molar-refractivity contribution in [1.29, 1.82) is 0 Å². The van der Waals surface area contributed by atoms with E-state index < -0.39 is 0 Å². The molecule has 142 valence electrons. The molecule has 1 aliphatic rings. The van der Waals surface area contributed by atoms with Gasteiger partial charge in [0.1, 0.15) is 0 Å². The van der Waals surface area contributed by atoms with Gasteiger partial charge in [-0.25, -0.2) is 0 Å². The Hall–Kier alpha value is -1.77. The number of hydrogen-bond donors (Lipinski definition) is 0. The number of aliphatic imine (C=N–C) groups is 1. The van der Waals surface area contributed by atoms with Gasteiger partial charge in [-0.15, -0.1) is 0 Å². The number of rotatable bonds is 4. The zero-order valence-electron chi connectivity index (χ0n) is 16.6. The lowest BCUT2D eigenvalue weighted by Crippen LogP contribution is -2.45. The van der Waals surface area contributed by atoms with E-state index in [-0.39, 0.29) is 5.54 Å². The number of hydrogen-bond acceptors (Lipinski definition) is 2. The van der Waals surface area contributed by atoms with E-state index in [0.29, 0.717) is 10.0 Å². The summed E-state index contributed by atoms with van der Waals surface area (Å²) in [6.07, 6.45) is 5.37. The van der Waals surface area contributed by atoms with Crippen LogP contribution in [0.2, 0.25) is 10.0 Å². The van der Waals surface area contributed by atoms with Crippen molar-refractivity contribution in [1.82, 2.24) is 0 Å². The molecule has 0 fully saturated rings. The van der Waals surface area contributed by atoms with E-state index >= 15 is 0 Å². The van der Waals surface area contributed by atoms with Crippen molar-refractivity contribution in [3.63, 3.8) is 0 Å². The normalized spacial score (nSPS) is 15.8. The molecule has 0 amide bonds. The van der Waals surface area contributed by atoms with Gasteiger partial charge in [0.15, 0.2) is 0 Å². The first-order valence-corrected chi connectivity index (χ1v) is 10.1. The van der Waals surface area contributed by atoms with Gasteiger partial charge in [0.25, 0.3) is 0 Å². The summed E-state index contributed by atoms with van der Waals surface area (Å²) < 4.78 is 0. The molecule has 2 aromatic carbocycles. The zero-order chi connectivity index (χ0) is 19.8. The third-order valence-electron chi connectivity index (χ3n) is 5.07. The molecule has 0 saturated carbocycles. The molecule has 0 aromatic heterocycles. The minimum atomic E-state index is 0.0198. The second kappa shape index (κ2) is 7.69. The van der Waals surface area contributed by atoms with Crippen molar-refractivity contribution >= 4 is 46.4 Å². The molecule has 0 spiro atoms. The Morgan fingerprint density at radius 2 is 1.85 bits per heavy atom. The van der Waals surface area contributed by atoms with E-state index in [4.69, 9.17) is 23.2 Å². The van der Waals surface area contributed by atoms with E-state index in [0.717, 1.165) is 24.2 Å². The smallest absolute Gasteiger partial charge is 0.0817 e. The predicted molar refractivity (Wildman–Crippen MR) is 120 cm³/mol. The predicted octanol–water partition coefficient (Wildman–Crippen LogP) is 7.46. The van der Waals surface area contributed by atoms with Crippen LogP contribution in [0.1, 0.15) is 50.8 Å². The lowest BCUT2D eigenvalue weighted by atomic mass is 9.87. The van der Waals surface area contributed by atoms with Gasteiger partial charge >= 0.3 is 0 Å². The first-order valence-electron chi connectivity index (χ1n) is 9.34. The maximum Gasteiger partial charge on any atom is 0.0817 e. The van der Waals surface area contributed by atoms with Crippen molar-refractivity contribution in [3.05, 3.63) is 63.1 Å². The highest BCUT2D eigenvalue weighted by Gasteiger charge is 2.31. The lowest BCUT2D eigenvalue weighted by Gasteiger charge is -2.43. The van der Waals surface area contributed by atoms with Gasteiger partial charge in [0, 0.05) is 29.0 Å². The highest BCUT2D eigenvalue weighted by molar-refractivity contribution is 6.36. The summed E-state index contributed by atoms with van der Waals surface area (Å²) in [6, 6.07) is 9.88. The van der Waals surface area contributed by atoms with E-state index in [1.807, 2.05) is 12.3 Å². The van der Waals surface area contributed by atoms with Gasteiger partial charge in [-0.3, -0.25) is 4.99 Å². The van der Waals surface area contributed by atoms with Crippen LogP contribution in [0, 0.1) is 6.92 Å². The fourth-order valence-electron chi connectivity index (χ4n) is 3.74. The largest absolute Gasteiger partial charge is 0.362 e. The third kappa shape index (κ3) is 4.07. The van der Waals surface area contributed by atoms with Crippen molar-refractivity contribution in [2.75, 3.05) is 11.4 Å². The van der Waals surface area contributed by atoms with Crippen molar-refractivity contribution in [2.45, 2.75) is 46.6 Å². The zero-order valence-corrected chi connectivity index (χ0v) is 18.1. The second-order valence-corrected chi connectivity index (χ2v) is 8.56. The number of aryl methyl sites for hydroxylation is 1. The maximum atomic E-state index is 6.25. The Bertz CT molecular complexity index is 926. The van der Waals surface area contributed by atoms with Gasteiger partial charge in [0.2, 0.25) is 0 Å². The number of anilines is 1. The average molecular weight is 401 g/mol. The number of halogens is 2. The van der Waals surface area contributed by atoms with Gasteiger partial charge in [-0.05, 0) is 81.1 Å². The average Bonchev–Trinajstić information content (AvgIpc) is 2.58. The Morgan fingerprint density at radius 1 is 1.11 bits per heavy atom. The van der Waals surface area contributed by atoms with E-state index in [1.54, 1.807) is 12.1 Å². The summed E-state index contributed by atoms with van der Waals surface area (Å²) in [5.41, 5.74) is 6.93. The molecular weight excluding hydrogens is 375 g/mol. The number of fused-ring (bicyclic) bond motifs is 1. The fraction of sp³-hybridized carbons (Fsp3) is 0.348. The van der Waals surface area contributed by atoms with Crippen LogP contribution in [0.25, 0.3) is 5.57 Å². The summed E-state index contributed by atoms with van der Waals surface area (Å²) in [4.78, 5) is 7.09. The van der Waals surface area contributed by atoms with Gasteiger partial charge < -0.3 is 4.90 Å². The molecule has 0 bridgehead atoms. The van der Waals surface area contributed by atoms with Crippen molar-refractivity contribution in [2.24, 2.45) is 4.99 Å². The first-order chi connectivity index (χ1) is 12.7. The molecule has 2 aromatic rings. The molecule has 0 saturated heterocycles. The Labute approximate surface area is 172 Å². The highest BCUT2D eigenvalue weighted by Crippen LogP contribution is 2.40. The lowest BCUT2D eigenvalue weighted by molar-refractivity contribution is 0.550. The van der Waals surface area contributed by atoms with Crippen LogP contribution < -0.4 is 4.90 Å². The second-order valence-electron chi connectivity index (χ2n) is 7.71. The Kier molecular flexibility index (Phi) is 5.69. The maximum absolute atomic E-state index is 6.25. The minimum absolute atomic E-state index is 0.0198. The molecule has 27 heavy (non-hydrogen) atoms. The van der Waals surface area contributed by atoms with Gasteiger partial charge in [0.05, 0.1) is 16.2 Å². The molecule has 0 unspecified atom stereocenters. The molecule has 1 heterocycles. The molecule has 2 nitrogen and oxygen atoms in total. The number of nitrogens with zero attached hydrogens (tertiary/aromatic N) is 2. The Morgan fingerprint density at radius 3 is 2.52 bits per heavy atom. The van der Waals surface area contributed by atoms with Crippen LogP contribution in [0.15, 0.2) is 41.4 Å².